The molecule has 1 aliphatic heterocycles. The monoisotopic (exact) mass is 553 g/mol. The quantitative estimate of drug-likeness (QED) is 0.292. The minimum absolute atomic E-state index is 0. The number of fused-ring (bicyclic) bond motifs is 1. The Hall–Kier alpha value is -1.04. The van der Waals surface area contributed by atoms with Gasteiger partial charge in [-0.05, 0) is 49.9 Å². The molecule has 0 bridgehead atoms. The van der Waals surface area contributed by atoms with Gasteiger partial charge in [-0.25, -0.2) is 12.7 Å². The molecule has 1 fully saturated rings. The molecule has 3 rings (SSSR count). The van der Waals surface area contributed by atoms with E-state index in [4.69, 9.17) is 11.6 Å². The maximum atomic E-state index is 12.0. The lowest BCUT2D eigenvalue weighted by atomic mass is 10.1. The number of nitrogens with zero attached hydrogens (tertiary/aromatic N) is 2. The van der Waals surface area contributed by atoms with Crippen LogP contribution in [0.15, 0.2) is 29.4 Å². The number of aromatic nitrogens is 1. The number of aromatic amines is 1. The SMILES string of the molecule is CCS(=O)(=O)N1CCC(NC(=NC)NCCc2c[nH]c3ccc(Cl)cc23)CC1.I. The number of nitrogens with one attached hydrogen (secondary N) is 3. The third kappa shape index (κ3) is 6.22. The van der Waals surface area contributed by atoms with E-state index >= 15 is 0 Å². The van der Waals surface area contributed by atoms with Crippen LogP contribution in [0.5, 0.6) is 0 Å². The molecule has 7 nitrogen and oxygen atoms in total. The van der Waals surface area contributed by atoms with Crippen LogP contribution in [-0.4, -0.2) is 62.1 Å². The highest BCUT2D eigenvalue weighted by atomic mass is 127. The number of hydrogen-bond acceptors (Lipinski definition) is 3. The molecule has 10 heteroatoms. The largest absolute Gasteiger partial charge is 0.361 e. The third-order valence-electron chi connectivity index (χ3n) is 5.19. The van der Waals surface area contributed by atoms with Crippen molar-refractivity contribution in [3.05, 3.63) is 35.0 Å². The fraction of sp³-hybridized carbons (Fsp3) is 0.526. The number of benzene rings is 1. The van der Waals surface area contributed by atoms with Crippen LogP contribution in [0.3, 0.4) is 0 Å². The number of halogens is 2. The first-order valence-electron chi connectivity index (χ1n) is 9.63. The van der Waals surface area contributed by atoms with E-state index in [0.717, 1.165) is 47.7 Å². The van der Waals surface area contributed by atoms with Crippen LogP contribution in [0.25, 0.3) is 10.9 Å². The van der Waals surface area contributed by atoms with Crippen molar-refractivity contribution in [3.63, 3.8) is 0 Å². The number of hydrogen-bond donors (Lipinski definition) is 3. The molecule has 1 aliphatic rings. The molecule has 0 spiro atoms. The van der Waals surface area contributed by atoms with Crippen molar-refractivity contribution in [1.82, 2.24) is 19.9 Å². The number of piperidine rings is 1. The zero-order valence-electron chi connectivity index (χ0n) is 16.7. The van der Waals surface area contributed by atoms with Gasteiger partial charge < -0.3 is 15.6 Å². The molecule has 1 saturated heterocycles. The minimum atomic E-state index is -3.09. The molecular weight excluding hydrogens is 525 g/mol. The van der Waals surface area contributed by atoms with Crippen LogP contribution in [0.4, 0.5) is 0 Å². The second-order valence-electron chi connectivity index (χ2n) is 6.97. The van der Waals surface area contributed by atoms with Crippen molar-refractivity contribution in [1.29, 1.82) is 0 Å². The van der Waals surface area contributed by atoms with Gasteiger partial charge in [0.2, 0.25) is 10.0 Å². The summed E-state index contributed by atoms with van der Waals surface area (Å²) in [5.41, 5.74) is 2.29. The molecule has 2 heterocycles. The van der Waals surface area contributed by atoms with E-state index in [-0.39, 0.29) is 35.8 Å². The maximum Gasteiger partial charge on any atom is 0.213 e. The van der Waals surface area contributed by atoms with E-state index < -0.39 is 10.0 Å². The average Bonchev–Trinajstić information content (AvgIpc) is 3.09. The average molecular weight is 554 g/mol. The normalized spacial score (nSPS) is 16.6. The summed E-state index contributed by atoms with van der Waals surface area (Å²) in [5, 5.41) is 8.63. The lowest BCUT2D eigenvalue weighted by Crippen LogP contribution is -2.50. The highest BCUT2D eigenvalue weighted by Crippen LogP contribution is 2.22. The Morgan fingerprint density at radius 1 is 1.34 bits per heavy atom. The summed E-state index contributed by atoms with van der Waals surface area (Å²) in [6, 6.07) is 6.07. The predicted octanol–water partition coefficient (Wildman–Crippen LogP) is 2.96. The molecule has 2 aromatic rings. The number of sulfonamides is 1. The van der Waals surface area contributed by atoms with Crippen molar-refractivity contribution in [2.75, 3.05) is 32.4 Å². The predicted molar refractivity (Wildman–Crippen MR) is 131 cm³/mol. The molecule has 0 radical (unpaired) electrons. The van der Waals surface area contributed by atoms with E-state index in [1.807, 2.05) is 24.4 Å². The van der Waals surface area contributed by atoms with Gasteiger partial charge in [-0.3, -0.25) is 4.99 Å². The Kier molecular flexibility index (Phi) is 9.05. The molecule has 1 aromatic heterocycles. The summed E-state index contributed by atoms with van der Waals surface area (Å²) in [7, 11) is -1.34. The molecule has 0 amide bonds. The Morgan fingerprint density at radius 2 is 2.07 bits per heavy atom. The smallest absolute Gasteiger partial charge is 0.213 e. The fourth-order valence-corrected chi connectivity index (χ4v) is 4.83. The molecular formula is C19H29ClIN5O2S. The van der Waals surface area contributed by atoms with Gasteiger partial charge in [0.05, 0.1) is 5.75 Å². The second-order valence-corrected chi connectivity index (χ2v) is 9.67. The third-order valence-corrected chi connectivity index (χ3v) is 7.31. The maximum absolute atomic E-state index is 12.0. The van der Waals surface area contributed by atoms with Crippen LogP contribution in [0, 0.1) is 0 Å². The Morgan fingerprint density at radius 3 is 2.72 bits per heavy atom. The highest BCUT2D eigenvalue weighted by molar-refractivity contribution is 14.0. The number of rotatable bonds is 6. The lowest BCUT2D eigenvalue weighted by molar-refractivity contribution is 0.306. The molecule has 1 aromatic carbocycles. The molecule has 29 heavy (non-hydrogen) atoms. The van der Waals surface area contributed by atoms with Crippen LogP contribution in [-0.2, 0) is 16.4 Å². The molecule has 0 unspecified atom stereocenters. The first-order valence-corrected chi connectivity index (χ1v) is 11.6. The highest BCUT2D eigenvalue weighted by Gasteiger charge is 2.26. The van der Waals surface area contributed by atoms with Gasteiger partial charge >= 0.3 is 0 Å². The number of aliphatic imine (C=N–C) groups is 1. The summed E-state index contributed by atoms with van der Waals surface area (Å²) in [6.07, 6.45) is 4.42. The van der Waals surface area contributed by atoms with E-state index in [0.29, 0.717) is 13.1 Å². The number of H-pyrrole nitrogens is 1. The van der Waals surface area contributed by atoms with Gasteiger partial charge in [0.25, 0.3) is 0 Å². The van der Waals surface area contributed by atoms with Gasteiger partial charge in [0, 0.05) is 54.8 Å². The Bertz CT molecular complexity index is 939. The summed E-state index contributed by atoms with van der Waals surface area (Å²) in [5.74, 6) is 0.905. The standard InChI is InChI=1S/C19H28ClN5O2S.HI/c1-3-28(26,27)25-10-7-16(8-11-25)24-19(21-2)22-9-6-14-13-23-18-5-4-15(20)12-17(14)18;/h4-5,12-13,16,23H,3,6-11H2,1-2H3,(H2,21,22,24);1H. The van der Waals surface area contributed by atoms with Crippen molar-refractivity contribution in [3.8, 4) is 0 Å². The van der Waals surface area contributed by atoms with Gasteiger partial charge in [-0.2, -0.15) is 0 Å². The zero-order chi connectivity index (χ0) is 20.1. The van der Waals surface area contributed by atoms with Gasteiger partial charge in [0.15, 0.2) is 5.96 Å². The lowest BCUT2D eigenvalue weighted by Gasteiger charge is -2.32. The summed E-state index contributed by atoms with van der Waals surface area (Å²) < 4.78 is 25.5. The first kappa shape index (κ1) is 24.2. The van der Waals surface area contributed by atoms with Crippen LogP contribution in [0.2, 0.25) is 5.02 Å². The summed E-state index contributed by atoms with van der Waals surface area (Å²) >= 11 is 6.11. The van der Waals surface area contributed by atoms with Crippen molar-refractivity contribution in [2.24, 2.45) is 4.99 Å². The topological polar surface area (TPSA) is 89.6 Å². The molecule has 0 saturated carbocycles. The molecule has 0 atom stereocenters. The molecule has 3 N–H and O–H groups in total. The molecule has 162 valence electrons. The summed E-state index contributed by atoms with van der Waals surface area (Å²) in [6.45, 7) is 3.54. The zero-order valence-corrected chi connectivity index (χ0v) is 20.6. The van der Waals surface area contributed by atoms with E-state index in [1.165, 1.54) is 5.56 Å². The van der Waals surface area contributed by atoms with Crippen LogP contribution >= 0.6 is 35.6 Å². The van der Waals surface area contributed by atoms with Gasteiger partial charge in [-0.1, -0.05) is 11.6 Å². The number of guanidine groups is 1. The Labute approximate surface area is 194 Å². The van der Waals surface area contributed by atoms with Gasteiger partial charge in [0.1, 0.15) is 0 Å². The summed E-state index contributed by atoms with van der Waals surface area (Å²) in [4.78, 5) is 7.56. The molecule has 0 aliphatic carbocycles. The minimum Gasteiger partial charge on any atom is -0.361 e. The van der Waals surface area contributed by atoms with Crippen LogP contribution in [0.1, 0.15) is 25.3 Å². The first-order chi connectivity index (χ1) is 13.4. The van der Waals surface area contributed by atoms with Crippen molar-refractivity contribution >= 4 is 62.5 Å². The van der Waals surface area contributed by atoms with Crippen molar-refractivity contribution < 1.29 is 8.42 Å². The van der Waals surface area contributed by atoms with Crippen LogP contribution < -0.4 is 10.6 Å². The van der Waals surface area contributed by atoms with E-state index in [2.05, 4.69) is 20.6 Å². The van der Waals surface area contributed by atoms with Crippen molar-refractivity contribution in [2.45, 2.75) is 32.2 Å². The van der Waals surface area contributed by atoms with E-state index in [1.54, 1.807) is 18.3 Å². The van der Waals surface area contributed by atoms with Gasteiger partial charge in [-0.15, -0.1) is 24.0 Å². The van der Waals surface area contributed by atoms with E-state index in [9.17, 15) is 8.42 Å². The second kappa shape index (κ2) is 10.8. The Balaban J connectivity index is 0.00000300. The fourth-order valence-electron chi connectivity index (χ4n) is 3.52.